The molecule has 0 aliphatic carbocycles. The van der Waals surface area contributed by atoms with Gasteiger partial charge < -0.3 is 10.1 Å². The van der Waals surface area contributed by atoms with Crippen molar-refractivity contribution in [2.75, 3.05) is 14.2 Å². The molecule has 19 heavy (non-hydrogen) atoms. The van der Waals surface area contributed by atoms with Crippen LogP contribution in [0.1, 0.15) is 12.5 Å². The molecule has 1 aromatic rings. The number of carbonyl (C=O) groups is 2. The Labute approximate surface area is 117 Å². The largest absolute Gasteiger partial charge is 0.497 e. The van der Waals surface area contributed by atoms with E-state index in [2.05, 4.69) is 10.6 Å². The summed E-state index contributed by atoms with van der Waals surface area (Å²) in [5.41, 5.74) is 1.07. The fourth-order valence-corrected chi connectivity index (χ4v) is 2.17. The summed E-state index contributed by atoms with van der Waals surface area (Å²) in [5.74, 6) is 1.17. The normalized spacial score (nSPS) is 11.5. The van der Waals surface area contributed by atoms with Gasteiger partial charge in [-0.1, -0.05) is 12.1 Å². The number of hydrogen-bond donors (Lipinski definition) is 2. The summed E-state index contributed by atoms with van der Waals surface area (Å²) in [7, 11) is 3.09. The topological polar surface area (TPSA) is 67.4 Å². The van der Waals surface area contributed by atoms with E-state index in [1.54, 1.807) is 14.0 Å². The minimum atomic E-state index is -0.487. The molecule has 6 heteroatoms. The van der Waals surface area contributed by atoms with Crippen LogP contribution in [0.5, 0.6) is 5.75 Å². The molecule has 0 unspecified atom stereocenters. The summed E-state index contributed by atoms with van der Waals surface area (Å²) in [6.45, 7) is 1.77. The molecule has 5 nitrogen and oxygen atoms in total. The van der Waals surface area contributed by atoms with Crippen molar-refractivity contribution >= 4 is 23.7 Å². The maximum atomic E-state index is 11.6. The predicted octanol–water partition coefficient (Wildman–Crippen LogP) is 1.77. The molecular weight excluding hydrogens is 264 g/mol. The molecule has 0 radical (unpaired) electrons. The van der Waals surface area contributed by atoms with Crippen molar-refractivity contribution in [1.82, 2.24) is 10.6 Å². The average molecular weight is 282 g/mol. The lowest BCUT2D eigenvalue weighted by atomic mass is 10.2. The van der Waals surface area contributed by atoms with Crippen molar-refractivity contribution in [1.29, 1.82) is 0 Å². The van der Waals surface area contributed by atoms with Gasteiger partial charge in [0.1, 0.15) is 5.75 Å². The third-order valence-corrected chi connectivity index (χ3v) is 3.68. The van der Waals surface area contributed by atoms with Crippen LogP contribution in [0.15, 0.2) is 24.3 Å². The van der Waals surface area contributed by atoms with Gasteiger partial charge in [0.15, 0.2) is 0 Å². The van der Waals surface area contributed by atoms with Gasteiger partial charge in [-0.3, -0.25) is 10.1 Å². The number of hydrogen-bond acceptors (Lipinski definition) is 4. The summed E-state index contributed by atoms with van der Waals surface area (Å²) in [6, 6.07) is 7.19. The number of urea groups is 1. The van der Waals surface area contributed by atoms with Crippen LogP contribution in [0, 0.1) is 0 Å². The zero-order chi connectivity index (χ0) is 14.3. The van der Waals surface area contributed by atoms with E-state index in [1.165, 1.54) is 18.8 Å². The number of nitrogens with one attached hydrogen (secondary N) is 2. The molecule has 1 rings (SSSR count). The maximum Gasteiger partial charge on any atom is 0.321 e. The first kappa shape index (κ1) is 15.4. The molecular formula is C13H18N2O3S. The molecule has 3 amide bonds. The van der Waals surface area contributed by atoms with Gasteiger partial charge in [-0.15, -0.1) is 11.8 Å². The van der Waals surface area contributed by atoms with Crippen LogP contribution in [0.3, 0.4) is 0 Å². The highest BCUT2D eigenvalue weighted by atomic mass is 32.2. The lowest BCUT2D eigenvalue weighted by molar-refractivity contribution is -0.119. The highest BCUT2D eigenvalue weighted by Gasteiger charge is 2.15. The van der Waals surface area contributed by atoms with E-state index >= 15 is 0 Å². The number of ether oxygens (including phenoxy) is 1. The van der Waals surface area contributed by atoms with Gasteiger partial charge in [0.25, 0.3) is 0 Å². The van der Waals surface area contributed by atoms with E-state index in [0.717, 1.165) is 11.3 Å². The predicted molar refractivity (Wildman–Crippen MR) is 76.3 cm³/mol. The zero-order valence-electron chi connectivity index (χ0n) is 11.2. The molecule has 0 spiro atoms. The van der Waals surface area contributed by atoms with Crippen molar-refractivity contribution in [3.05, 3.63) is 29.8 Å². The number of benzene rings is 1. The number of imide groups is 1. The van der Waals surface area contributed by atoms with Gasteiger partial charge in [-0.05, 0) is 24.6 Å². The molecule has 104 valence electrons. The molecule has 0 aliphatic rings. The summed E-state index contributed by atoms with van der Waals surface area (Å²) < 4.78 is 5.13. The monoisotopic (exact) mass is 282 g/mol. The van der Waals surface area contributed by atoms with Crippen LogP contribution in [-0.4, -0.2) is 31.3 Å². The second-order valence-electron chi connectivity index (χ2n) is 3.87. The Kier molecular flexibility index (Phi) is 6.21. The standard InChI is InChI=1S/C13H18N2O3S/c1-9(12(16)15-13(17)14-2)19-8-10-5-4-6-11(7-10)18-3/h4-7,9H,8H2,1-3H3,(H2,14,15,16,17)/t9-/m1/s1. The molecule has 2 N–H and O–H groups in total. The first-order valence-electron chi connectivity index (χ1n) is 5.84. The highest BCUT2D eigenvalue weighted by molar-refractivity contribution is 7.99. The number of rotatable bonds is 5. The molecule has 0 saturated carbocycles. The van der Waals surface area contributed by atoms with Crippen molar-refractivity contribution < 1.29 is 14.3 Å². The Hall–Kier alpha value is -1.69. The molecule has 1 aromatic carbocycles. The molecule has 0 heterocycles. The van der Waals surface area contributed by atoms with E-state index in [-0.39, 0.29) is 11.2 Å². The van der Waals surface area contributed by atoms with Crippen LogP contribution >= 0.6 is 11.8 Å². The Morgan fingerprint density at radius 3 is 2.79 bits per heavy atom. The molecule has 0 saturated heterocycles. The summed E-state index contributed by atoms with van der Waals surface area (Å²) >= 11 is 1.46. The summed E-state index contributed by atoms with van der Waals surface area (Å²) in [6.07, 6.45) is 0. The highest BCUT2D eigenvalue weighted by Crippen LogP contribution is 2.21. The Morgan fingerprint density at radius 1 is 1.42 bits per heavy atom. The summed E-state index contributed by atoms with van der Waals surface area (Å²) in [5, 5.41) is 4.29. The Balaban J connectivity index is 2.46. The first-order valence-corrected chi connectivity index (χ1v) is 6.88. The van der Waals surface area contributed by atoms with Crippen LogP contribution in [0.4, 0.5) is 4.79 Å². The third kappa shape index (κ3) is 5.21. The van der Waals surface area contributed by atoms with E-state index in [1.807, 2.05) is 24.3 Å². The van der Waals surface area contributed by atoms with Crippen LogP contribution in [0.2, 0.25) is 0 Å². The maximum absolute atomic E-state index is 11.6. The summed E-state index contributed by atoms with van der Waals surface area (Å²) in [4.78, 5) is 22.7. The van der Waals surface area contributed by atoms with Crippen molar-refractivity contribution in [3.8, 4) is 5.75 Å². The van der Waals surface area contributed by atoms with Crippen LogP contribution in [0.25, 0.3) is 0 Å². The fourth-order valence-electron chi connectivity index (χ4n) is 1.34. The van der Waals surface area contributed by atoms with E-state index in [9.17, 15) is 9.59 Å². The second-order valence-corrected chi connectivity index (χ2v) is 5.20. The second kappa shape index (κ2) is 7.68. The van der Waals surface area contributed by atoms with Gasteiger partial charge in [0.05, 0.1) is 12.4 Å². The first-order chi connectivity index (χ1) is 9.06. The lowest BCUT2D eigenvalue weighted by Crippen LogP contribution is -2.41. The van der Waals surface area contributed by atoms with Gasteiger partial charge in [-0.25, -0.2) is 4.79 Å². The average Bonchev–Trinajstić information content (AvgIpc) is 2.44. The minimum absolute atomic E-state index is 0.299. The number of thioether (sulfide) groups is 1. The van der Waals surface area contributed by atoms with Gasteiger partial charge >= 0.3 is 6.03 Å². The Bertz CT molecular complexity index is 451. The molecule has 0 bridgehead atoms. The smallest absolute Gasteiger partial charge is 0.321 e. The molecule has 0 aliphatic heterocycles. The van der Waals surface area contributed by atoms with Gasteiger partial charge in [0.2, 0.25) is 5.91 Å². The fraction of sp³-hybridized carbons (Fsp3) is 0.385. The molecule has 0 fully saturated rings. The van der Waals surface area contributed by atoms with Gasteiger partial charge in [0, 0.05) is 12.8 Å². The number of carbonyl (C=O) groups excluding carboxylic acids is 2. The minimum Gasteiger partial charge on any atom is -0.497 e. The van der Waals surface area contributed by atoms with Gasteiger partial charge in [-0.2, -0.15) is 0 Å². The van der Waals surface area contributed by atoms with Crippen LogP contribution in [-0.2, 0) is 10.5 Å². The lowest BCUT2D eigenvalue weighted by Gasteiger charge is -2.11. The number of methoxy groups -OCH3 is 1. The van der Waals surface area contributed by atoms with Crippen molar-refractivity contribution in [2.24, 2.45) is 0 Å². The zero-order valence-corrected chi connectivity index (χ0v) is 12.0. The van der Waals surface area contributed by atoms with E-state index < -0.39 is 6.03 Å². The van der Waals surface area contributed by atoms with E-state index in [0.29, 0.717) is 5.75 Å². The number of amides is 3. The third-order valence-electron chi connectivity index (χ3n) is 2.47. The molecule has 0 aromatic heterocycles. The Morgan fingerprint density at radius 2 is 2.16 bits per heavy atom. The quantitative estimate of drug-likeness (QED) is 0.863. The van der Waals surface area contributed by atoms with E-state index in [4.69, 9.17) is 4.74 Å². The van der Waals surface area contributed by atoms with Crippen molar-refractivity contribution in [2.45, 2.75) is 17.9 Å². The van der Waals surface area contributed by atoms with Crippen LogP contribution < -0.4 is 15.4 Å². The van der Waals surface area contributed by atoms with Crippen molar-refractivity contribution in [3.63, 3.8) is 0 Å². The SMILES string of the molecule is CNC(=O)NC(=O)[C@@H](C)SCc1cccc(OC)c1. The molecule has 1 atom stereocenters.